The van der Waals surface area contributed by atoms with Gasteiger partial charge in [-0.2, -0.15) is 0 Å². The first kappa shape index (κ1) is 18.6. The van der Waals surface area contributed by atoms with Crippen molar-refractivity contribution in [2.24, 2.45) is 0 Å². The third-order valence-electron chi connectivity index (χ3n) is 5.33. The summed E-state index contributed by atoms with van der Waals surface area (Å²) in [5.74, 6) is 1.06. The third kappa shape index (κ3) is 3.76. The average Bonchev–Trinajstić information content (AvgIpc) is 3.08. The SMILES string of the molecule is COc1ccc2c(C)c(C(=O)N3CCC[C@H](OCc4ccccc4)C3)oc2c1. The molecule has 1 saturated heterocycles. The van der Waals surface area contributed by atoms with Gasteiger partial charge in [-0.1, -0.05) is 30.3 Å². The van der Waals surface area contributed by atoms with Gasteiger partial charge in [-0.15, -0.1) is 0 Å². The first-order chi connectivity index (χ1) is 13.7. The molecule has 1 aliphatic heterocycles. The number of benzene rings is 2. The van der Waals surface area contributed by atoms with Crippen molar-refractivity contribution >= 4 is 16.9 Å². The quantitative estimate of drug-likeness (QED) is 0.652. The van der Waals surface area contributed by atoms with Gasteiger partial charge in [-0.3, -0.25) is 4.79 Å². The minimum absolute atomic E-state index is 0.0442. The van der Waals surface area contributed by atoms with Crippen LogP contribution in [-0.2, 0) is 11.3 Å². The van der Waals surface area contributed by atoms with Crippen molar-refractivity contribution in [2.45, 2.75) is 32.5 Å². The highest BCUT2D eigenvalue weighted by atomic mass is 16.5. The Morgan fingerprint density at radius 1 is 1.21 bits per heavy atom. The molecule has 0 aliphatic carbocycles. The highest BCUT2D eigenvalue weighted by Crippen LogP contribution is 2.30. The Bertz CT molecular complexity index is 963. The molecule has 2 heterocycles. The molecule has 0 spiro atoms. The summed E-state index contributed by atoms with van der Waals surface area (Å²) in [6.07, 6.45) is 1.94. The van der Waals surface area contributed by atoms with Crippen LogP contribution in [0.15, 0.2) is 52.9 Å². The summed E-state index contributed by atoms with van der Waals surface area (Å²) >= 11 is 0. The molecule has 1 aliphatic rings. The third-order valence-corrected chi connectivity index (χ3v) is 5.33. The van der Waals surface area contributed by atoms with E-state index in [1.165, 1.54) is 0 Å². The van der Waals surface area contributed by atoms with E-state index in [0.29, 0.717) is 30.2 Å². The zero-order valence-electron chi connectivity index (χ0n) is 16.3. The fourth-order valence-corrected chi connectivity index (χ4v) is 3.73. The van der Waals surface area contributed by atoms with Crippen LogP contribution in [-0.4, -0.2) is 37.1 Å². The summed E-state index contributed by atoms with van der Waals surface area (Å²) in [5.41, 5.74) is 2.69. The molecule has 1 amide bonds. The number of hydrogen-bond acceptors (Lipinski definition) is 4. The molecule has 5 nitrogen and oxygen atoms in total. The standard InChI is InChI=1S/C23H25NO4/c1-16-20-11-10-18(26-2)13-21(20)28-22(16)23(25)24-12-6-9-19(14-24)27-15-17-7-4-3-5-8-17/h3-5,7-8,10-11,13,19H,6,9,12,14-15H2,1-2H3/t19-/m0/s1. The Balaban J connectivity index is 1.46. The van der Waals surface area contributed by atoms with E-state index in [-0.39, 0.29) is 12.0 Å². The molecule has 5 heteroatoms. The Morgan fingerprint density at radius 2 is 2.04 bits per heavy atom. The van der Waals surface area contributed by atoms with E-state index < -0.39 is 0 Å². The molecule has 146 valence electrons. The number of carbonyl (C=O) groups excluding carboxylic acids is 1. The van der Waals surface area contributed by atoms with Gasteiger partial charge in [0.25, 0.3) is 5.91 Å². The van der Waals surface area contributed by atoms with E-state index in [0.717, 1.165) is 35.9 Å². The largest absolute Gasteiger partial charge is 0.497 e. The maximum atomic E-state index is 13.1. The molecule has 3 aromatic rings. The molecule has 0 bridgehead atoms. The molecular weight excluding hydrogens is 354 g/mol. The van der Waals surface area contributed by atoms with Crippen LogP contribution in [0.4, 0.5) is 0 Å². The molecule has 0 unspecified atom stereocenters. The van der Waals surface area contributed by atoms with Crippen LogP contribution < -0.4 is 4.74 Å². The second-order valence-electron chi connectivity index (χ2n) is 7.23. The van der Waals surface area contributed by atoms with Gasteiger partial charge in [-0.25, -0.2) is 0 Å². The zero-order chi connectivity index (χ0) is 19.5. The maximum absolute atomic E-state index is 13.1. The van der Waals surface area contributed by atoms with Crippen molar-refractivity contribution in [1.82, 2.24) is 4.90 Å². The van der Waals surface area contributed by atoms with Gasteiger partial charge in [0.05, 0.1) is 19.8 Å². The second kappa shape index (κ2) is 8.07. The number of fused-ring (bicyclic) bond motifs is 1. The number of amides is 1. The number of hydrogen-bond donors (Lipinski definition) is 0. The number of aryl methyl sites for hydroxylation is 1. The van der Waals surface area contributed by atoms with Crippen LogP contribution in [0.1, 0.15) is 34.5 Å². The predicted octanol–water partition coefficient (Wildman–Crippen LogP) is 4.57. The lowest BCUT2D eigenvalue weighted by molar-refractivity contribution is -0.00750. The van der Waals surface area contributed by atoms with Crippen LogP contribution in [0.25, 0.3) is 11.0 Å². The van der Waals surface area contributed by atoms with Crippen molar-refractivity contribution in [1.29, 1.82) is 0 Å². The van der Waals surface area contributed by atoms with Crippen LogP contribution in [0.5, 0.6) is 5.75 Å². The van der Waals surface area contributed by atoms with Gasteiger partial charge in [0.2, 0.25) is 0 Å². The Labute approximate surface area is 164 Å². The van der Waals surface area contributed by atoms with Crippen molar-refractivity contribution in [2.75, 3.05) is 20.2 Å². The number of methoxy groups -OCH3 is 1. The van der Waals surface area contributed by atoms with Gasteiger partial charge in [0.1, 0.15) is 11.3 Å². The molecular formula is C23H25NO4. The topological polar surface area (TPSA) is 51.9 Å². The van der Waals surface area contributed by atoms with E-state index in [1.54, 1.807) is 7.11 Å². The van der Waals surface area contributed by atoms with Gasteiger partial charge in [-0.05, 0) is 37.5 Å². The van der Waals surface area contributed by atoms with E-state index in [9.17, 15) is 4.79 Å². The normalized spacial score (nSPS) is 17.1. The first-order valence-corrected chi connectivity index (χ1v) is 9.67. The number of nitrogens with zero attached hydrogens (tertiary/aromatic N) is 1. The highest BCUT2D eigenvalue weighted by molar-refractivity contribution is 5.99. The van der Waals surface area contributed by atoms with E-state index in [4.69, 9.17) is 13.9 Å². The number of furan rings is 1. The fraction of sp³-hybridized carbons (Fsp3) is 0.348. The average molecular weight is 379 g/mol. The zero-order valence-corrected chi connectivity index (χ0v) is 16.3. The van der Waals surface area contributed by atoms with Crippen LogP contribution in [0.2, 0.25) is 0 Å². The van der Waals surface area contributed by atoms with Gasteiger partial charge in [0.15, 0.2) is 5.76 Å². The number of rotatable bonds is 5. The number of ether oxygens (including phenoxy) is 2. The number of likely N-dealkylation sites (tertiary alicyclic amines) is 1. The van der Waals surface area contributed by atoms with Crippen molar-refractivity contribution in [3.8, 4) is 5.75 Å². The molecule has 1 fully saturated rings. The Morgan fingerprint density at radius 3 is 2.82 bits per heavy atom. The molecule has 2 aromatic carbocycles. The second-order valence-corrected chi connectivity index (χ2v) is 7.23. The molecule has 28 heavy (non-hydrogen) atoms. The molecule has 1 atom stereocenters. The molecule has 0 saturated carbocycles. The Kier molecular flexibility index (Phi) is 5.35. The molecule has 0 radical (unpaired) electrons. The lowest BCUT2D eigenvalue weighted by Crippen LogP contribution is -2.43. The minimum atomic E-state index is -0.0688. The minimum Gasteiger partial charge on any atom is -0.497 e. The summed E-state index contributed by atoms with van der Waals surface area (Å²) in [4.78, 5) is 15.0. The summed E-state index contributed by atoms with van der Waals surface area (Å²) in [5, 5.41) is 0.943. The van der Waals surface area contributed by atoms with Crippen molar-refractivity contribution in [3.63, 3.8) is 0 Å². The lowest BCUT2D eigenvalue weighted by atomic mass is 10.1. The molecule has 4 rings (SSSR count). The smallest absolute Gasteiger partial charge is 0.289 e. The summed E-state index contributed by atoms with van der Waals surface area (Å²) in [7, 11) is 1.62. The molecule has 0 N–H and O–H groups in total. The van der Waals surface area contributed by atoms with Gasteiger partial charge < -0.3 is 18.8 Å². The fourth-order valence-electron chi connectivity index (χ4n) is 3.73. The molecule has 1 aromatic heterocycles. The van der Waals surface area contributed by atoms with E-state index in [2.05, 4.69) is 12.1 Å². The maximum Gasteiger partial charge on any atom is 0.289 e. The number of piperidine rings is 1. The predicted molar refractivity (Wildman–Crippen MR) is 108 cm³/mol. The monoisotopic (exact) mass is 379 g/mol. The van der Waals surface area contributed by atoms with Gasteiger partial charge in [0, 0.05) is 30.1 Å². The van der Waals surface area contributed by atoms with E-state index in [1.807, 2.05) is 48.2 Å². The van der Waals surface area contributed by atoms with Gasteiger partial charge >= 0.3 is 0 Å². The summed E-state index contributed by atoms with van der Waals surface area (Å²) in [6, 6.07) is 15.8. The summed E-state index contributed by atoms with van der Waals surface area (Å²) in [6.45, 7) is 3.81. The Hall–Kier alpha value is -2.79. The summed E-state index contributed by atoms with van der Waals surface area (Å²) < 4.78 is 17.2. The van der Waals surface area contributed by atoms with Crippen LogP contribution >= 0.6 is 0 Å². The lowest BCUT2D eigenvalue weighted by Gasteiger charge is -2.32. The van der Waals surface area contributed by atoms with Crippen LogP contribution in [0.3, 0.4) is 0 Å². The number of carbonyl (C=O) groups is 1. The van der Waals surface area contributed by atoms with E-state index >= 15 is 0 Å². The highest BCUT2D eigenvalue weighted by Gasteiger charge is 2.28. The first-order valence-electron chi connectivity index (χ1n) is 9.67. The van der Waals surface area contributed by atoms with Crippen molar-refractivity contribution in [3.05, 3.63) is 65.4 Å². The van der Waals surface area contributed by atoms with Crippen LogP contribution in [0, 0.1) is 6.92 Å². The van der Waals surface area contributed by atoms with Crippen molar-refractivity contribution < 1.29 is 18.7 Å².